The molecule has 8 heteroatoms. The molecule has 0 aliphatic carbocycles. The molecular weight excluding hydrogens is 398 g/mol. The Bertz CT molecular complexity index is 1050. The Labute approximate surface area is 170 Å². The maximum Gasteiger partial charge on any atom is 0.281 e. The minimum Gasteiger partial charge on any atom is -0.496 e. The average molecular weight is 416 g/mol. The number of benzene rings is 2. The molecule has 1 amide bonds. The largest absolute Gasteiger partial charge is 0.496 e. The number of amides is 1. The van der Waals surface area contributed by atoms with E-state index in [1.807, 2.05) is 18.4 Å². The van der Waals surface area contributed by atoms with Crippen LogP contribution in [0.5, 0.6) is 11.5 Å². The molecule has 3 aromatic rings. The van der Waals surface area contributed by atoms with Crippen LogP contribution in [-0.2, 0) is 6.61 Å². The minimum atomic E-state index is -0.784. The number of thiophene rings is 1. The van der Waals surface area contributed by atoms with Gasteiger partial charge in [-0.25, -0.2) is 14.2 Å². The van der Waals surface area contributed by atoms with E-state index < -0.39 is 11.6 Å². The predicted molar refractivity (Wildman–Crippen MR) is 108 cm³/mol. The third kappa shape index (κ3) is 5.17. The first-order valence-electron chi connectivity index (χ1n) is 8.60. The van der Waals surface area contributed by atoms with E-state index in [1.165, 1.54) is 30.7 Å². The van der Waals surface area contributed by atoms with Crippen molar-refractivity contribution >= 4 is 23.5 Å². The van der Waals surface area contributed by atoms with E-state index in [9.17, 15) is 13.6 Å². The maximum atomic E-state index is 13.7. The molecule has 0 spiro atoms. The summed E-state index contributed by atoms with van der Waals surface area (Å²) in [4.78, 5) is 12.7. The zero-order chi connectivity index (χ0) is 20.8. The number of hydrazone groups is 1. The Morgan fingerprint density at radius 2 is 1.97 bits per heavy atom. The van der Waals surface area contributed by atoms with Crippen LogP contribution in [0.4, 0.5) is 8.78 Å². The summed E-state index contributed by atoms with van der Waals surface area (Å²) in [5, 5.41) is 5.82. The van der Waals surface area contributed by atoms with Crippen molar-refractivity contribution in [2.75, 3.05) is 7.11 Å². The number of hydrogen-bond acceptors (Lipinski definition) is 5. The highest BCUT2D eigenvalue weighted by Gasteiger charge is 2.10. The quantitative estimate of drug-likeness (QED) is 0.449. The number of carbonyl (C=O) groups excluding carboxylic acids is 1. The summed E-state index contributed by atoms with van der Waals surface area (Å²) in [7, 11) is 1.51. The van der Waals surface area contributed by atoms with E-state index in [0.29, 0.717) is 21.8 Å². The van der Waals surface area contributed by atoms with Gasteiger partial charge >= 0.3 is 0 Å². The van der Waals surface area contributed by atoms with Gasteiger partial charge < -0.3 is 9.47 Å². The lowest BCUT2D eigenvalue weighted by molar-refractivity contribution is 0.0958. The molecule has 0 aliphatic rings. The average Bonchev–Trinajstić information content (AvgIpc) is 3.13. The number of ether oxygens (including phenoxy) is 2. The van der Waals surface area contributed by atoms with Crippen molar-refractivity contribution in [3.05, 3.63) is 81.0 Å². The van der Waals surface area contributed by atoms with Gasteiger partial charge in [-0.15, -0.1) is 11.3 Å². The number of aryl methyl sites for hydroxylation is 1. The molecule has 0 aliphatic heterocycles. The summed E-state index contributed by atoms with van der Waals surface area (Å²) in [5.41, 5.74) is 4.70. The lowest BCUT2D eigenvalue weighted by Gasteiger charge is -2.11. The molecule has 1 heterocycles. The Morgan fingerprint density at radius 3 is 2.66 bits per heavy atom. The number of nitrogens with zero attached hydrogens (tertiary/aromatic N) is 1. The smallest absolute Gasteiger partial charge is 0.281 e. The van der Waals surface area contributed by atoms with E-state index in [-0.39, 0.29) is 18.3 Å². The molecule has 0 radical (unpaired) electrons. The van der Waals surface area contributed by atoms with Crippen LogP contribution in [0.25, 0.3) is 0 Å². The van der Waals surface area contributed by atoms with Gasteiger partial charge in [0, 0.05) is 11.6 Å². The first kappa shape index (κ1) is 20.5. The molecule has 0 saturated heterocycles. The molecule has 1 N–H and O–H groups in total. The van der Waals surface area contributed by atoms with Crippen molar-refractivity contribution in [1.82, 2.24) is 5.43 Å². The molecule has 0 bridgehead atoms. The lowest BCUT2D eigenvalue weighted by atomic mass is 10.1. The fourth-order valence-electron chi connectivity index (χ4n) is 2.56. The zero-order valence-corrected chi connectivity index (χ0v) is 16.6. The number of carbonyl (C=O) groups is 1. The van der Waals surface area contributed by atoms with Gasteiger partial charge in [0.25, 0.3) is 5.91 Å². The first-order chi connectivity index (χ1) is 14.0. The van der Waals surface area contributed by atoms with E-state index in [0.717, 1.165) is 17.7 Å². The standard InChI is InChI=1S/C21H18F2N2O3S/c1-13-7-8-29-20(13)21(26)25-24-11-14-3-5-18(27-2)15(9-14)12-28-19-6-4-16(22)10-17(19)23/h3-11H,12H2,1-2H3,(H,25,26)/b24-11+. The van der Waals surface area contributed by atoms with Crippen molar-refractivity contribution in [3.8, 4) is 11.5 Å². The van der Waals surface area contributed by atoms with Crippen LogP contribution >= 0.6 is 11.3 Å². The summed E-state index contributed by atoms with van der Waals surface area (Å²) in [6.07, 6.45) is 1.49. The molecule has 5 nitrogen and oxygen atoms in total. The molecule has 3 rings (SSSR count). The van der Waals surface area contributed by atoms with Crippen LogP contribution in [0, 0.1) is 18.6 Å². The highest BCUT2D eigenvalue weighted by atomic mass is 32.1. The van der Waals surface area contributed by atoms with Crippen LogP contribution < -0.4 is 14.9 Å². The summed E-state index contributed by atoms with van der Waals surface area (Å²) in [5.74, 6) is -1.26. The van der Waals surface area contributed by atoms with Gasteiger partial charge in [-0.2, -0.15) is 5.10 Å². The Balaban J connectivity index is 1.69. The number of methoxy groups -OCH3 is 1. The van der Waals surface area contributed by atoms with E-state index in [2.05, 4.69) is 10.5 Å². The highest BCUT2D eigenvalue weighted by molar-refractivity contribution is 7.12. The number of halogens is 2. The number of nitrogens with one attached hydrogen (secondary N) is 1. The number of hydrogen-bond donors (Lipinski definition) is 1. The van der Waals surface area contributed by atoms with Crippen LogP contribution in [0.2, 0.25) is 0 Å². The van der Waals surface area contributed by atoms with Crippen molar-refractivity contribution in [2.24, 2.45) is 5.10 Å². The molecular formula is C21H18F2N2O3S. The Kier molecular flexibility index (Phi) is 6.56. The normalized spacial score (nSPS) is 10.9. The monoisotopic (exact) mass is 416 g/mol. The fraction of sp³-hybridized carbons (Fsp3) is 0.143. The van der Waals surface area contributed by atoms with Gasteiger partial charge in [-0.1, -0.05) is 0 Å². The molecule has 0 fully saturated rings. The highest BCUT2D eigenvalue weighted by Crippen LogP contribution is 2.24. The minimum absolute atomic E-state index is 0.00809. The second-order valence-electron chi connectivity index (χ2n) is 6.07. The van der Waals surface area contributed by atoms with E-state index >= 15 is 0 Å². The summed E-state index contributed by atoms with van der Waals surface area (Å²) in [6, 6.07) is 10.2. The Morgan fingerprint density at radius 1 is 1.17 bits per heavy atom. The van der Waals surface area contributed by atoms with Gasteiger partial charge in [0.05, 0.1) is 18.2 Å². The topological polar surface area (TPSA) is 59.9 Å². The van der Waals surface area contributed by atoms with E-state index in [1.54, 1.807) is 18.2 Å². The molecule has 0 saturated carbocycles. The summed E-state index contributed by atoms with van der Waals surface area (Å²) < 4.78 is 37.5. The van der Waals surface area contributed by atoms with Crippen LogP contribution in [0.3, 0.4) is 0 Å². The number of rotatable bonds is 7. The summed E-state index contributed by atoms with van der Waals surface area (Å²) in [6.45, 7) is 1.86. The predicted octanol–water partition coefficient (Wildman–Crippen LogP) is 4.69. The van der Waals surface area contributed by atoms with Gasteiger partial charge in [-0.05, 0) is 59.8 Å². The Hall–Kier alpha value is -3.26. The maximum absolute atomic E-state index is 13.7. The SMILES string of the molecule is COc1ccc(/C=N/NC(=O)c2sccc2C)cc1COc1ccc(F)cc1F. The molecule has 150 valence electrons. The van der Waals surface area contributed by atoms with E-state index in [4.69, 9.17) is 9.47 Å². The van der Waals surface area contributed by atoms with Crippen molar-refractivity contribution < 1.29 is 23.0 Å². The zero-order valence-electron chi connectivity index (χ0n) is 15.7. The molecule has 0 unspecified atom stereocenters. The van der Waals surface area contributed by atoms with Gasteiger partial charge in [-0.3, -0.25) is 4.79 Å². The second kappa shape index (κ2) is 9.29. The van der Waals surface area contributed by atoms with Crippen LogP contribution in [0.1, 0.15) is 26.4 Å². The summed E-state index contributed by atoms with van der Waals surface area (Å²) >= 11 is 1.34. The van der Waals surface area contributed by atoms with Crippen molar-refractivity contribution in [3.63, 3.8) is 0 Å². The van der Waals surface area contributed by atoms with Crippen molar-refractivity contribution in [2.45, 2.75) is 13.5 Å². The molecule has 29 heavy (non-hydrogen) atoms. The van der Waals surface area contributed by atoms with Crippen molar-refractivity contribution in [1.29, 1.82) is 0 Å². The molecule has 1 aromatic heterocycles. The third-order valence-corrected chi connectivity index (χ3v) is 5.04. The molecule has 2 aromatic carbocycles. The fourth-order valence-corrected chi connectivity index (χ4v) is 3.38. The second-order valence-corrected chi connectivity index (χ2v) is 6.98. The van der Waals surface area contributed by atoms with Crippen LogP contribution in [-0.4, -0.2) is 19.2 Å². The third-order valence-electron chi connectivity index (χ3n) is 4.03. The first-order valence-corrected chi connectivity index (χ1v) is 9.48. The molecule has 0 atom stereocenters. The van der Waals surface area contributed by atoms with Crippen LogP contribution in [0.15, 0.2) is 52.9 Å². The lowest BCUT2D eigenvalue weighted by Crippen LogP contribution is -2.17. The van der Waals surface area contributed by atoms with Gasteiger partial charge in [0.15, 0.2) is 11.6 Å². The van der Waals surface area contributed by atoms with Gasteiger partial charge in [0.1, 0.15) is 18.2 Å². The van der Waals surface area contributed by atoms with Gasteiger partial charge in [0.2, 0.25) is 0 Å².